The number of dihydropyridines is 1. The van der Waals surface area contributed by atoms with Crippen LogP contribution < -0.4 is 11.2 Å². The molecule has 1 aliphatic rings. The summed E-state index contributed by atoms with van der Waals surface area (Å²) in [6.45, 7) is 3.55. The molecule has 0 aliphatic carbocycles. The molecule has 2 heterocycles. The van der Waals surface area contributed by atoms with Crippen LogP contribution >= 0.6 is 0 Å². The number of hydrogen-bond donors (Lipinski definition) is 1. The van der Waals surface area contributed by atoms with Crippen LogP contribution in [0.3, 0.4) is 0 Å². The Hall–Kier alpha value is -3.21. The molecule has 0 saturated heterocycles. The molecule has 0 radical (unpaired) electrons. The fraction of sp³-hybridized carbons (Fsp3) is 0.261. The SMILES string of the molecule is C1=NCC=C(c2ccccc2)C1.CCCCn1c(=O)[nH]c(=O)c2ccccc21. The van der Waals surface area contributed by atoms with Crippen molar-refractivity contribution in [3.63, 3.8) is 0 Å². The number of aromatic nitrogens is 2. The Labute approximate surface area is 164 Å². The van der Waals surface area contributed by atoms with Gasteiger partial charge in [-0.25, -0.2) is 4.79 Å². The predicted octanol–water partition coefficient (Wildman–Crippen LogP) is 4.03. The average Bonchev–Trinajstić information content (AvgIpc) is 2.75. The van der Waals surface area contributed by atoms with Crippen molar-refractivity contribution in [3.8, 4) is 0 Å². The zero-order chi connectivity index (χ0) is 19.8. The molecule has 144 valence electrons. The number of nitrogens with one attached hydrogen (secondary N) is 1. The van der Waals surface area contributed by atoms with Gasteiger partial charge in [0.1, 0.15) is 0 Å². The number of allylic oxidation sites excluding steroid dienone is 1. The average molecular weight is 375 g/mol. The smallest absolute Gasteiger partial charge is 0.293 e. The molecular weight excluding hydrogens is 350 g/mol. The number of nitrogens with zero attached hydrogens (tertiary/aromatic N) is 2. The van der Waals surface area contributed by atoms with Crippen LogP contribution in [-0.2, 0) is 6.54 Å². The largest absolute Gasteiger partial charge is 0.328 e. The first kappa shape index (κ1) is 19.5. The van der Waals surface area contributed by atoms with Crippen LogP contribution in [-0.4, -0.2) is 22.3 Å². The van der Waals surface area contributed by atoms with Crippen molar-refractivity contribution in [2.45, 2.75) is 32.7 Å². The second-order valence-electron chi connectivity index (χ2n) is 6.63. The molecule has 28 heavy (non-hydrogen) atoms. The van der Waals surface area contributed by atoms with Crippen LogP contribution in [0, 0.1) is 0 Å². The summed E-state index contributed by atoms with van der Waals surface area (Å²) in [4.78, 5) is 29.7. The molecule has 5 heteroatoms. The maximum absolute atomic E-state index is 11.7. The van der Waals surface area contributed by atoms with E-state index in [1.807, 2.05) is 24.4 Å². The zero-order valence-corrected chi connectivity index (χ0v) is 16.1. The molecule has 0 spiro atoms. The summed E-state index contributed by atoms with van der Waals surface area (Å²) < 4.78 is 1.63. The molecule has 4 rings (SSSR count). The van der Waals surface area contributed by atoms with Crippen LogP contribution in [0.1, 0.15) is 31.7 Å². The molecule has 1 aromatic heterocycles. The van der Waals surface area contributed by atoms with Gasteiger partial charge >= 0.3 is 5.69 Å². The number of rotatable bonds is 4. The highest BCUT2D eigenvalue weighted by Crippen LogP contribution is 2.18. The van der Waals surface area contributed by atoms with Crippen molar-refractivity contribution in [2.75, 3.05) is 6.54 Å². The van der Waals surface area contributed by atoms with Gasteiger partial charge in [0.05, 0.1) is 17.4 Å². The second kappa shape index (κ2) is 9.65. The van der Waals surface area contributed by atoms with Crippen molar-refractivity contribution < 1.29 is 0 Å². The highest BCUT2D eigenvalue weighted by molar-refractivity contribution is 5.81. The van der Waals surface area contributed by atoms with E-state index in [1.54, 1.807) is 16.7 Å². The molecule has 0 unspecified atom stereocenters. The molecule has 0 amide bonds. The van der Waals surface area contributed by atoms with E-state index < -0.39 is 0 Å². The number of aliphatic imine (C=N–C) groups is 1. The molecule has 0 fully saturated rings. The maximum Gasteiger partial charge on any atom is 0.328 e. The molecule has 0 saturated carbocycles. The Morgan fingerprint density at radius 2 is 1.79 bits per heavy atom. The number of fused-ring (bicyclic) bond motifs is 1. The molecule has 0 atom stereocenters. The fourth-order valence-electron chi connectivity index (χ4n) is 3.15. The number of aryl methyl sites for hydroxylation is 1. The Morgan fingerprint density at radius 3 is 2.50 bits per heavy atom. The first-order valence-electron chi connectivity index (χ1n) is 9.65. The summed E-state index contributed by atoms with van der Waals surface area (Å²) in [6.07, 6.45) is 7.09. The van der Waals surface area contributed by atoms with Crippen LogP contribution in [0.4, 0.5) is 0 Å². The maximum atomic E-state index is 11.7. The summed E-state index contributed by atoms with van der Waals surface area (Å²) in [7, 11) is 0. The molecule has 2 aromatic carbocycles. The van der Waals surface area contributed by atoms with Gasteiger partial charge in [0.15, 0.2) is 0 Å². The number of para-hydroxylation sites is 1. The summed E-state index contributed by atoms with van der Waals surface area (Å²) in [5.41, 5.74) is 2.80. The lowest BCUT2D eigenvalue weighted by molar-refractivity contribution is 0.617. The van der Waals surface area contributed by atoms with E-state index in [4.69, 9.17) is 0 Å². The van der Waals surface area contributed by atoms with Gasteiger partial charge in [0.25, 0.3) is 5.56 Å². The van der Waals surface area contributed by atoms with Gasteiger partial charge in [-0.1, -0.05) is 61.9 Å². The minimum absolute atomic E-state index is 0.312. The van der Waals surface area contributed by atoms with E-state index in [0.717, 1.165) is 25.8 Å². The van der Waals surface area contributed by atoms with Crippen LogP contribution in [0.5, 0.6) is 0 Å². The molecule has 0 bridgehead atoms. The Kier molecular flexibility index (Phi) is 6.73. The molecule has 3 aromatic rings. The van der Waals surface area contributed by atoms with E-state index in [1.165, 1.54) is 11.1 Å². The van der Waals surface area contributed by atoms with Crippen LogP contribution in [0.25, 0.3) is 16.5 Å². The van der Waals surface area contributed by atoms with E-state index in [-0.39, 0.29) is 11.2 Å². The third-order valence-electron chi connectivity index (χ3n) is 4.67. The highest BCUT2D eigenvalue weighted by Gasteiger charge is 2.05. The molecule has 1 N–H and O–H groups in total. The van der Waals surface area contributed by atoms with Gasteiger partial charge in [0.2, 0.25) is 0 Å². The Balaban J connectivity index is 0.000000167. The van der Waals surface area contributed by atoms with E-state index >= 15 is 0 Å². The highest BCUT2D eigenvalue weighted by atomic mass is 16.2. The van der Waals surface area contributed by atoms with Gasteiger partial charge in [-0.05, 0) is 29.7 Å². The van der Waals surface area contributed by atoms with Gasteiger partial charge < -0.3 is 0 Å². The van der Waals surface area contributed by atoms with Crippen LogP contribution in [0.15, 0.2) is 75.3 Å². The molecular formula is C23H25N3O2. The summed E-state index contributed by atoms with van der Waals surface area (Å²) in [5.74, 6) is 0. The number of aromatic amines is 1. The van der Waals surface area contributed by atoms with E-state index in [0.29, 0.717) is 17.4 Å². The number of benzene rings is 2. The minimum atomic E-state index is -0.322. The lowest BCUT2D eigenvalue weighted by atomic mass is 10.0. The van der Waals surface area contributed by atoms with Gasteiger partial charge in [-0.2, -0.15) is 0 Å². The number of hydrogen-bond acceptors (Lipinski definition) is 3. The van der Waals surface area contributed by atoms with Crippen molar-refractivity contribution in [1.29, 1.82) is 0 Å². The lowest BCUT2D eigenvalue weighted by Gasteiger charge is -2.07. The number of H-pyrrole nitrogens is 1. The van der Waals surface area contributed by atoms with Gasteiger partial charge in [0, 0.05) is 19.2 Å². The molecule has 1 aliphatic heterocycles. The first-order valence-corrected chi connectivity index (χ1v) is 9.65. The minimum Gasteiger partial charge on any atom is -0.293 e. The van der Waals surface area contributed by atoms with Crippen molar-refractivity contribution in [3.05, 3.63) is 87.1 Å². The monoisotopic (exact) mass is 375 g/mol. The molecule has 5 nitrogen and oxygen atoms in total. The van der Waals surface area contributed by atoms with Crippen LogP contribution in [0.2, 0.25) is 0 Å². The summed E-state index contributed by atoms with van der Waals surface area (Å²) in [6, 6.07) is 17.6. The van der Waals surface area contributed by atoms with Crippen molar-refractivity contribution >= 4 is 22.7 Å². The van der Waals surface area contributed by atoms with Crippen molar-refractivity contribution in [2.24, 2.45) is 4.99 Å². The Morgan fingerprint density at radius 1 is 1.04 bits per heavy atom. The zero-order valence-electron chi connectivity index (χ0n) is 16.1. The third kappa shape index (κ3) is 4.74. The van der Waals surface area contributed by atoms with Crippen molar-refractivity contribution in [1.82, 2.24) is 9.55 Å². The summed E-state index contributed by atoms with van der Waals surface area (Å²) >= 11 is 0. The Bertz CT molecular complexity index is 1090. The normalized spacial score (nSPS) is 13.0. The fourth-order valence-corrected chi connectivity index (χ4v) is 3.15. The lowest BCUT2D eigenvalue weighted by Crippen LogP contribution is -2.30. The predicted molar refractivity (Wildman–Crippen MR) is 116 cm³/mol. The van der Waals surface area contributed by atoms with E-state index in [9.17, 15) is 9.59 Å². The van der Waals surface area contributed by atoms with Gasteiger partial charge in [-0.15, -0.1) is 0 Å². The first-order chi connectivity index (χ1) is 13.7. The topological polar surface area (TPSA) is 67.2 Å². The standard InChI is InChI=1S/C12H14N2O2.C11H11N/c1-2-3-8-14-10-7-5-4-6-9(10)11(15)13-12(14)16;1-2-4-10(5-3-1)11-6-8-12-9-7-11/h4-7H,2-3,8H2,1H3,(H,13,15,16);1-6,9H,7-8H2. The number of unbranched alkanes of at least 4 members (excludes halogenated alkanes) is 1. The van der Waals surface area contributed by atoms with E-state index in [2.05, 4.69) is 47.2 Å². The third-order valence-corrected chi connectivity index (χ3v) is 4.67. The van der Waals surface area contributed by atoms with Gasteiger partial charge in [-0.3, -0.25) is 19.3 Å². The second-order valence-corrected chi connectivity index (χ2v) is 6.63. The summed E-state index contributed by atoms with van der Waals surface area (Å²) in [5, 5.41) is 0.568. The quantitative estimate of drug-likeness (QED) is 0.748.